The summed E-state index contributed by atoms with van der Waals surface area (Å²) in [5.74, 6) is -1.43. The Balaban J connectivity index is 1.51. The second-order valence-electron chi connectivity index (χ2n) is 8.48. The van der Waals surface area contributed by atoms with Gasteiger partial charge in [0.05, 0.1) is 10.6 Å². The van der Waals surface area contributed by atoms with Gasteiger partial charge in [-0.15, -0.1) is 0 Å². The highest BCUT2D eigenvalue weighted by atomic mass is 32.2. The van der Waals surface area contributed by atoms with Crippen LogP contribution in [0.4, 0.5) is 27.8 Å². The molecule has 14 heteroatoms. The van der Waals surface area contributed by atoms with Crippen molar-refractivity contribution < 1.29 is 35.2 Å². The number of carbonyl (C=O) groups is 1. The number of aromatic nitrogens is 2. The third-order valence-electron chi connectivity index (χ3n) is 5.92. The lowest BCUT2D eigenvalue weighted by Gasteiger charge is -2.23. The number of carbonyl (C=O) groups excluding carboxylic acids is 1. The Morgan fingerprint density at radius 2 is 1.84 bits per heavy atom. The lowest BCUT2D eigenvalue weighted by Crippen LogP contribution is -2.45. The molecule has 3 aromatic rings. The minimum atomic E-state index is -4.62. The number of pyridine rings is 2. The van der Waals surface area contributed by atoms with Crippen molar-refractivity contribution in [2.75, 3.05) is 18.9 Å². The van der Waals surface area contributed by atoms with Crippen molar-refractivity contribution in [3.05, 3.63) is 71.8 Å². The number of rotatable bonds is 7. The number of nitrogens with one attached hydrogen (secondary N) is 2. The van der Waals surface area contributed by atoms with E-state index in [1.807, 2.05) is 0 Å². The zero-order valence-electron chi connectivity index (χ0n) is 19.8. The average Bonchev–Trinajstić information content (AvgIpc) is 3.29. The van der Waals surface area contributed by atoms with Gasteiger partial charge in [-0.1, -0.05) is 0 Å². The van der Waals surface area contributed by atoms with Gasteiger partial charge in [0.25, 0.3) is 0 Å². The van der Waals surface area contributed by atoms with E-state index in [2.05, 4.69) is 20.6 Å². The Morgan fingerprint density at radius 3 is 2.50 bits per heavy atom. The molecule has 202 valence electrons. The second-order valence-corrected chi connectivity index (χ2v) is 10.4. The summed E-state index contributed by atoms with van der Waals surface area (Å²) in [5.41, 5.74) is 0.0127. The molecule has 0 saturated carbocycles. The first-order valence-electron chi connectivity index (χ1n) is 11.3. The molecule has 1 aliphatic rings. The molecule has 38 heavy (non-hydrogen) atoms. The maximum atomic E-state index is 14.2. The Morgan fingerprint density at radius 1 is 1.13 bits per heavy atom. The molecule has 2 aromatic heterocycles. The number of benzene rings is 1. The number of amides is 1. The average molecular weight is 556 g/mol. The molecule has 1 saturated heterocycles. The number of sulfonamides is 1. The number of nitrogens with zero attached hydrogens (tertiary/aromatic N) is 3. The van der Waals surface area contributed by atoms with Crippen molar-refractivity contribution in [1.82, 2.24) is 19.6 Å². The molecule has 4 rings (SSSR count). The minimum Gasteiger partial charge on any atom is -0.373 e. The summed E-state index contributed by atoms with van der Waals surface area (Å²) in [4.78, 5) is 20.4. The number of anilines is 1. The van der Waals surface area contributed by atoms with Gasteiger partial charge < -0.3 is 10.6 Å². The van der Waals surface area contributed by atoms with E-state index in [1.165, 1.54) is 25.4 Å². The first kappa shape index (κ1) is 27.4. The van der Waals surface area contributed by atoms with E-state index in [4.69, 9.17) is 0 Å². The summed E-state index contributed by atoms with van der Waals surface area (Å²) >= 11 is 0. The first-order valence-corrected chi connectivity index (χ1v) is 12.7. The highest BCUT2D eigenvalue weighted by molar-refractivity contribution is 7.89. The smallest absolute Gasteiger partial charge is 0.373 e. The van der Waals surface area contributed by atoms with Crippen LogP contribution in [0.2, 0.25) is 0 Å². The fourth-order valence-electron chi connectivity index (χ4n) is 4.06. The molecule has 3 heterocycles. The first-order chi connectivity index (χ1) is 17.9. The summed E-state index contributed by atoms with van der Waals surface area (Å²) < 4.78 is 93.3. The molecule has 0 spiro atoms. The van der Waals surface area contributed by atoms with E-state index in [-0.39, 0.29) is 29.4 Å². The normalized spacial score (nSPS) is 18.4. The molecular formula is C24H22F5N5O3S. The van der Waals surface area contributed by atoms with E-state index in [0.29, 0.717) is 11.1 Å². The monoisotopic (exact) mass is 555 g/mol. The van der Waals surface area contributed by atoms with Crippen LogP contribution in [0.5, 0.6) is 0 Å². The summed E-state index contributed by atoms with van der Waals surface area (Å²) in [6.45, 7) is -0.611. The van der Waals surface area contributed by atoms with Gasteiger partial charge in [0.15, 0.2) is 0 Å². The highest BCUT2D eigenvalue weighted by Crippen LogP contribution is 2.33. The fraction of sp³-hybridized carbons (Fsp3) is 0.292. The molecule has 1 aliphatic heterocycles. The quantitative estimate of drug-likeness (QED) is 0.431. The predicted octanol–water partition coefficient (Wildman–Crippen LogP) is 3.76. The Hall–Kier alpha value is -3.65. The van der Waals surface area contributed by atoms with E-state index in [1.54, 1.807) is 6.07 Å². The van der Waals surface area contributed by atoms with Gasteiger partial charge in [-0.2, -0.15) is 17.5 Å². The molecule has 1 aromatic carbocycles. The van der Waals surface area contributed by atoms with Crippen LogP contribution in [0.1, 0.15) is 17.7 Å². The Labute approximate surface area is 215 Å². The van der Waals surface area contributed by atoms with Gasteiger partial charge in [-0.3, -0.25) is 9.78 Å². The van der Waals surface area contributed by atoms with Crippen LogP contribution in [0.3, 0.4) is 0 Å². The molecule has 0 bridgehead atoms. The van der Waals surface area contributed by atoms with Gasteiger partial charge in [0, 0.05) is 38.3 Å². The molecule has 0 radical (unpaired) electrons. The third kappa shape index (κ3) is 5.75. The Bertz CT molecular complexity index is 1430. The zero-order chi connectivity index (χ0) is 27.7. The van der Waals surface area contributed by atoms with Crippen LogP contribution < -0.4 is 10.6 Å². The largest absolute Gasteiger partial charge is 0.433 e. The molecule has 1 unspecified atom stereocenters. The maximum Gasteiger partial charge on any atom is 0.433 e. The topological polar surface area (TPSA) is 104 Å². The van der Waals surface area contributed by atoms with Gasteiger partial charge in [-0.05, 0) is 54.1 Å². The second kappa shape index (κ2) is 10.6. The van der Waals surface area contributed by atoms with Crippen molar-refractivity contribution in [2.45, 2.75) is 36.3 Å². The van der Waals surface area contributed by atoms with Gasteiger partial charge in [-0.25, -0.2) is 22.2 Å². The lowest BCUT2D eigenvalue weighted by atomic mass is 10.1. The van der Waals surface area contributed by atoms with Crippen LogP contribution in [-0.2, 0) is 27.5 Å². The number of hydrogen-bond donors (Lipinski definition) is 2. The molecular weight excluding hydrogens is 533 g/mol. The van der Waals surface area contributed by atoms with Crippen molar-refractivity contribution in [3.63, 3.8) is 0 Å². The predicted molar refractivity (Wildman–Crippen MR) is 127 cm³/mol. The zero-order valence-corrected chi connectivity index (χ0v) is 20.7. The van der Waals surface area contributed by atoms with Crippen LogP contribution >= 0.6 is 0 Å². The summed E-state index contributed by atoms with van der Waals surface area (Å²) in [7, 11) is -2.85. The lowest BCUT2D eigenvalue weighted by molar-refractivity contribution is -0.141. The van der Waals surface area contributed by atoms with E-state index in [0.717, 1.165) is 34.6 Å². The third-order valence-corrected chi connectivity index (χ3v) is 7.81. The molecule has 2 atom stereocenters. The number of halogens is 5. The van der Waals surface area contributed by atoms with Gasteiger partial charge in [0.1, 0.15) is 29.5 Å². The minimum absolute atomic E-state index is 0.0462. The maximum absolute atomic E-state index is 14.2. The van der Waals surface area contributed by atoms with Crippen LogP contribution in [0.25, 0.3) is 11.3 Å². The van der Waals surface area contributed by atoms with Crippen LogP contribution in [0.15, 0.2) is 59.6 Å². The van der Waals surface area contributed by atoms with Crippen molar-refractivity contribution in [1.29, 1.82) is 0 Å². The number of hydrogen-bond acceptors (Lipinski definition) is 6. The van der Waals surface area contributed by atoms with Crippen molar-refractivity contribution in [3.8, 4) is 11.3 Å². The summed E-state index contributed by atoms with van der Waals surface area (Å²) in [6, 6.07) is 7.82. The highest BCUT2D eigenvalue weighted by Gasteiger charge is 2.44. The summed E-state index contributed by atoms with van der Waals surface area (Å²) in [6.07, 6.45) is -5.15. The van der Waals surface area contributed by atoms with Gasteiger partial charge >= 0.3 is 6.18 Å². The SMILES string of the molecule is CNc1nc(C(F)(F)F)ccc1-c1cc(CNC(=O)C2C[C@@H](F)CN2S(=O)(=O)c2ccc(F)cc2)ccn1. The van der Waals surface area contributed by atoms with Crippen molar-refractivity contribution in [2.24, 2.45) is 0 Å². The van der Waals surface area contributed by atoms with Crippen molar-refractivity contribution >= 4 is 21.7 Å². The van der Waals surface area contributed by atoms with E-state index in [9.17, 15) is 35.2 Å². The van der Waals surface area contributed by atoms with E-state index < -0.39 is 52.4 Å². The van der Waals surface area contributed by atoms with Crippen LogP contribution in [-0.4, -0.2) is 54.4 Å². The Kier molecular flexibility index (Phi) is 7.65. The molecule has 0 aliphatic carbocycles. The van der Waals surface area contributed by atoms with E-state index >= 15 is 0 Å². The molecule has 1 amide bonds. The van der Waals surface area contributed by atoms with Gasteiger partial charge in [0.2, 0.25) is 15.9 Å². The molecule has 8 nitrogen and oxygen atoms in total. The van der Waals surface area contributed by atoms with Crippen LogP contribution in [0, 0.1) is 5.82 Å². The number of alkyl halides is 4. The summed E-state index contributed by atoms with van der Waals surface area (Å²) in [5, 5.41) is 5.19. The fourth-order valence-corrected chi connectivity index (χ4v) is 5.68. The molecule has 1 fully saturated rings. The molecule has 2 N–H and O–H groups in total. The standard InChI is InChI=1S/C24H22F5N5O3S/c1-30-22-18(6-7-21(33-22)24(27,28)29)19-10-14(8-9-31-19)12-32-23(35)20-11-16(26)13-34(20)38(36,37)17-4-2-15(25)3-5-17/h2-10,16,20H,11-13H2,1H3,(H,30,33)(H,32,35)/t16-,20?/m1/s1.